The van der Waals surface area contributed by atoms with E-state index in [1.807, 2.05) is 0 Å². The topological polar surface area (TPSA) is 57.5 Å². The highest BCUT2D eigenvalue weighted by Gasteiger charge is 2.79. The highest BCUT2D eigenvalue weighted by atomic mass is 19.4. The van der Waals surface area contributed by atoms with E-state index in [0.717, 1.165) is 22.3 Å². The summed E-state index contributed by atoms with van der Waals surface area (Å²) in [6.45, 7) is 1.24. The largest absolute Gasteiger partial charge is 0.456 e. The van der Waals surface area contributed by atoms with Gasteiger partial charge in [0.15, 0.2) is 5.78 Å². The van der Waals surface area contributed by atoms with Gasteiger partial charge < -0.3 is 10.2 Å². The minimum Gasteiger partial charge on any atom is -0.392 e. The zero-order valence-electron chi connectivity index (χ0n) is 19.5. The fraction of sp³-hybridized carbons (Fsp3) is 0.593. The molecule has 5 atom stereocenters. The van der Waals surface area contributed by atoms with E-state index >= 15 is 0 Å². The third-order valence-electron chi connectivity index (χ3n) is 9.33. The summed E-state index contributed by atoms with van der Waals surface area (Å²) in [5, 5.41) is 20.7. The van der Waals surface area contributed by atoms with Gasteiger partial charge in [0.2, 0.25) is 0 Å². The van der Waals surface area contributed by atoms with Crippen LogP contribution in [0.3, 0.4) is 0 Å². The van der Waals surface area contributed by atoms with Gasteiger partial charge in [0, 0.05) is 17.8 Å². The second-order valence-corrected chi connectivity index (χ2v) is 10.9. The average molecular weight is 497 g/mol. The van der Waals surface area contributed by atoms with Crippen LogP contribution in [0.25, 0.3) is 0 Å². The molecule has 2 saturated carbocycles. The molecule has 0 aliphatic heterocycles. The Bertz CT molecular complexity index is 1100. The Morgan fingerprint density at radius 1 is 1.03 bits per heavy atom. The summed E-state index contributed by atoms with van der Waals surface area (Å²) in [7, 11) is 0. The molecule has 0 radical (unpaired) electrons. The molecule has 1 aromatic carbocycles. The Labute approximate surface area is 200 Å². The normalized spacial score (nSPS) is 35.4. The number of hydrogen-bond acceptors (Lipinski definition) is 3. The summed E-state index contributed by atoms with van der Waals surface area (Å²) < 4.78 is 70.6. The van der Waals surface area contributed by atoms with Crippen LogP contribution in [0.5, 0.6) is 0 Å². The molecule has 4 aliphatic rings. The van der Waals surface area contributed by atoms with Crippen LogP contribution < -0.4 is 0 Å². The summed E-state index contributed by atoms with van der Waals surface area (Å²) in [4.78, 5) is 12.1. The van der Waals surface area contributed by atoms with E-state index in [1.165, 1.54) is 6.92 Å². The molecule has 1 aromatic rings. The lowest BCUT2D eigenvalue weighted by Gasteiger charge is -2.56. The van der Waals surface area contributed by atoms with E-state index in [0.29, 0.717) is 31.2 Å². The summed E-state index contributed by atoms with van der Waals surface area (Å²) >= 11 is 0. The van der Waals surface area contributed by atoms with Crippen molar-refractivity contribution in [3.63, 3.8) is 0 Å². The Kier molecular flexibility index (Phi) is 5.61. The lowest BCUT2D eigenvalue weighted by molar-refractivity contribution is -0.362. The van der Waals surface area contributed by atoms with Gasteiger partial charge >= 0.3 is 12.1 Å². The molecule has 35 heavy (non-hydrogen) atoms. The van der Waals surface area contributed by atoms with E-state index < -0.39 is 41.4 Å². The maximum atomic E-state index is 14.9. The maximum absolute atomic E-state index is 14.9. The first-order valence-corrected chi connectivity index (χ1v) is 12.2. The Hall–Kier alpha value is -2.06. The third-order valence-corrected chi connectivity index (χ3v) is 9.33. The number of alkyl halides is 5. The number of ketones is 1. The Morgan fingerprint density at radius 3 is 2.34 bits per heavy atom. The lowest BCUT2D eigenvalue weighted by atomic mass is 9.50. The van der Waals surface area contributed by atoms with Crippen LogP contribution in [0.15, 0.2) is 47.1 Å². The molecule has 2 fully saturated rings. The first kappa shape index (κ1) is 24.6. The van der Waals surface area contributed by atoms with Crippen LogP contribution in [0.4, 0.5) is 22.0 Å². The number of halogens is 5. The Balaban J connectivity index is 1.68. The SMILES string of the molecule is C[C@]12C[C@H](c3ccc(CO)cc3)C3=C4CCC(=O)C=C4CC[C@H]3[C@@H]1CC[C@@]2(O)C(F)(F)C(F)(F)F. The summed E-state index contributed by atoms with van der Waals surface area (Å²) in [5.41, 5.74) is -0.422. The van der Waals surface area contributed by atoms with Crippen molar-refractivity contribution in [1.29, 1.82) is 0 Å². The van der Waals surface area contributed by atoms with Gasteiger partial charge in [-0.25, -0.2) is 0 Å². The number of aliphatic hydroxyl groups is 2. The number of aliphatic hydroxyl groups excluding tert-OH is 1. The van der Waals surface area contributed by atoms with E-state index in [9.17, 15) is 37.0 Å². The number of carbonyl (C=O) groups excluding carboxylic acids is 1. The van der Waals surface area contributed by atoms with Crippen molar-refractivity contribution in [2.45, 2.75) is 82.1 Å². The minimum atomic E-state index is -5.86. The quantitative estimate of drug-likeness (QED) is 0.504. The molecule has 0 bridgehead atoms. The molecule has 0 heterocycles. The molecule has 4 aliphatic carbocycles. The van der Waals surface area contributed by atoms with Gasteiger partial charge in [-0.1, -0.05) is 36.8 Å². The fourth-order valence-corrected chi connectivity index (χ4v) is 7.57. The number of carbonyl (C=O) groups is 1. The zero-order valence-corrected chi connectivity index (χ0v) is 19.5. The van der Waals surface area contributed by atoms with Crippen molar-refractivity contribution in [3.8, 4) is 0 Å². The highest BCUT2D eigenvalue weighted by molar-refractivity contribution is 5.93. The second-order valence-electron chi connectivity index (χ2n) is 10.9. The van der Waals surface area contributed by atoms with E-state index in [2.05, 4.69) is 0 Å². The molecule has 0 saturated heterocycles. The summed E-state index contributed by atoms with van der Waals surface area (Å²) in [6.07, 6.45) is -2.76. The standard InChI is InChI=1S/C27H29F5O3/c1-24-13-21(16-4-2-15(14-33)3-5-16)23-19-9-7-18(34)12-17(19)6-8-20(23)22(24)10-11-25(24,35)26(28,29)27(30,31)32/h2-5,12,20-22,33,35H,6-11,13-14H2,1H3/t20-,21+,22-,24-,25-/m0/s1. The molecule has 5 rings (SSSR count). The zero-order chi connectivity index (χ0) is 25.4. The van der Waals surface area contributed by atoms with Crippen LogP contribution in [0.2, 0.25) is 0 Å². The van der Waals surface area contributed by atoms with Crippen molar-refractivity contribution in [2.75, 3.05) is 0 Å². The summed E-state index contributed by atoms with van der Waals surface area (Å²) in [5.74, 6) is -6.41. The highest BCUT2D eigenvalue weighted by Crippen LogP contribution is 2.70. The van der Waals surface area contributed by atoms with E-state index in [-0.39, 0.29) is 31.1 Å². The summed E-state index contributed by atoms with van der Waals surface area (Å²) in [6, 6.07) is 7.01. The number of rotatable bonds is 3. The number of benzene rings is 1. The van der Waals surface area contributed by atoms with Crippen LogP contribution in [-0.4, -0.2) is 33.7 Å². The van der Waals surface area contributed by atoms with Crippen LogP contribution in [0.1, 0.15) is 68.9 Å². The smallest absolute Gasteiger partial charge is 0.392 e. The molecule has 3 nitrogen and oxygen atoms in total. The van der Waals surface area contributed by atoms with Crippen molar-refractivity contribution >= 4 is 5.78 Å². The van der Waals surface area contributed by atoms with Gasteiger partial charge in [-0.2, -0.15) is 22.0 Å². The van der Waals surface area contributed by atoms with Gasteiger partial charge in [0.05, 0.1) is 6.61 Å². The minimum absolute atomic E-state index is 0.0468. The number of fused-ring (bicyclic) bond motifs is 4. The molecule has 2 N–H and O–H groups in total. The van der Waals surface area contributed by atoms with Gasteiger partial charge in [-0.15, -0.1) is 0 Å². The van der Waals surface area contributed by atoms with Crippen molar-refractivity contribution < 1.29 is 37.0 Å². The molecule has 0 spiro atoms. The van der Waals surface area contributed by atoms with Gasteiger partial charge in [-0.3, -0.25) is 4.79 Å². The van der Waals surface area contributed by atoms with Gasteiger partial charge in [0.25, 0.3) is 0 Å². The monoisotopic (exact) mass is 496 g/mol. The van der Waals surface area contributed by atoms with Crippen LogP contribution in [0, 0.1) is 17.3 Å². The maximum Gasteiger partial charge on any atom is 0.456 e. The Morgan fingerprint density at radius 2 is 1.71 bits per heavy atom. The van der Waals surface area contributed by atoms with Crippen LogP contribution in [-0.2, 0) is 11.4 Å². The molecule has 0 unspecified atom stereocenters. The molecular weight excluding hydrogens is 467 g/mol. The molecule has 0 amide bonds. The van der Waals surface area contributed by atoms with Crippen molar-refractivity contribution in [2.24, 2.45) is 17.3 Å². The lowest BCUT2D eigenvalue weighted by Crippen LogP contribution is -2.65. The first-order valence-electron chi connectivity index (χ1n) is 12.2. The fourth-order valence-electron chi connectivity index (χ4n) is 7.57. The van der Waals surface area contributed by atoms with Crippen LogP contribution >= 0.6 is 0 Å². The van der Waals surface area contributed by atoms with E-state index in [1.54, 1.807) is 30.3 Å². The van der Waals surface area contributed by atoms with Crippen molar-refractivity contribution in [3.05, 3.63) is 58.2 Å². The first-order chi connectivity index (χ1) is 16.3. The molecule has 8 heteroatoms. The second kappa shape index (κ2) is 7.97. The third kappa shape index (κ3) is 3.39. The molecule has 0 aromatic heterocycles. The molecule has 190 valence electrons. The number of hydrogen-bond donors (Lipinski definition) is 2. The average Bonchev–Trinajstić information content (AvgIpc) is 3.09. The molecular formula is C27H29F5O3. The number of allylic oxidation sites excluding steroid dienone is 4. The van der Waals surface area contributed by atoms with E-state index in [4.69, 9.17) is 0 Å². The van der Waals surface area contributed by atoms with Crippen molar-refractivity contribution in [1.82, 2.24) is 0 Å². The van der Waals surface area contributed by atoms with Gasteiger partial charge in [-0.05, 0) is 78.7 Å². The predicted octanol–water partition coefficient (Wildman–Crippen LogP) is 6.01. The van der Waals surface area contributed by atoms with Gasteiger partial charge in [0.1, 0.15) is 5.60 Å². The predicted molar refractivity (Wildman–Crippen MR) is 119 cm³/mol.